The molecule has 0 saturated carbocycles. The fourth-order valence-electron chi connectivity index (χ4n) is 9.63. The molecule has 52 heavy (non-hydrogen) atoms. The van der Waals surface area contributed by atoms with Crippen LogP contribution in [-0.2, 0) is 29.1 Å². The summed E-state index contributed by atoms with van der Waals surface area (Å²) >= 11 is 0. The van der Waals surface area contributed by atoms with E-state index in [-0.39, 0.29) is 16.2 Å². The summed E-state index contributed by atoms with van der Waals surface area (Å²) in [5, 5.41) is 0. The minimum atomic E-state index is -0.111. The van der Waals surface area contributed by atoms with Gasteiger partial charge in [0.05, 0.1) is 5.69 Å². The second-order valence-corrected chi connectivity index (χ2v) is 17.5. The summed E-state index contributed by atoms with van der Waals surface area (Å²) in [6.07, 6.45) is 7.29. The van der Waals surface area contributed by atoms with Crippen LogP contribution in [0, 0.1) is 0 Å². The summed E-state index contributed by atoms with van der Waals surface area (Å²) in [6, 6.07) is 48.9. The quantitative estimate of drug-likeness (QED) is 0.176. The predicted octanol–water partition coefficient (Wildman–Crippen LogP) is 14.0. The molecule has 3 aliphatic rings. The van der Waals surface area contributed by atoms with Crippen molar-refractivity contribution in [2.24, 2.45) is 0 Å². The molecule has 0 saturated heterocycles. The van der Waals surface area contributed by atoms with Crippen molar-refractivity contribution >= 4 is 17.1 Å². The molecule has 1 heteroatoms. The van der Waals surface area contributed by atoms with Crippen molar-refractivity contribution in [3.05, 3.63) is 161 Å². The van der Waals surface area contributed by atoms with E-state index in [1.54, 1.807) is 0 Å². The second kappa shape index (κ2) is 12.1. The summed E-state index contributed by atoms with van der Waals surface area (Å²) < 4.78 is 0. The molecule has 0 bridgehead atoms. The molecule has 6 aromatic rings. The number of fused-ring (bicyclic) bond motifs is 5. The van der Waals surface area contributed by atoms with Gasteiger partial charge in [0.2, 0.25) is 0 Å². The molecule has 0 unspecified atom stereocenters. The molecule has 1 nitrogen and oxygen atoms in total. The molecule has 0 radical (unpaired) electrons. The largest absolute Gasteiger partial charge is 0.310 e. The fraction of sp³-hybridized carbons (Fsp3) is 0.294. The Labute approximate surface area is 311 Å². The van der Waals surface area contributed by atoms with Crippen LogP contribution in [0.5, 0.6) is 0 Å². The Kier molecular flexibility index (Phi) is 7.67. The van der Waals surface area contributed by atoms with Crippen molar-refractivity contribution in [3.8, 4) is 33.4 Å². The van der Waals surface area contributed by atoms with Crippen LogP contribution in [0.25, 0.3) is 33.4 Å². The van der Waals surface area contributed by atoms with E-state index in [9.17, 15) is 0 Å². The highest BCUT2D eigenvalue weighted by atomic mass is 15.1. The molecule has 0 aliphatic heterocycles. The van der Waals surface area contributed by atoms with Gasteiger partial charge in [-0.2, -0.15) is 0 Å². The van der Waals surface area contributed by atoms with Crippen LogP contribution in [0.4, 0.5) is 17.1 Å². The Morgan fingerprint density at radius 3 is 1.83 bits per heavy atom. The smallest absolute Gasteiger partial charge is 0.0543 e. The Hall–Kier alpha value is -4.88. The lowest BCUT2D eigenvalue weighted by molar-refractivity contribution is 0.332. The predicted molar refractivity (Wildman–Crippen MR) is 221 cm³/mol. The molecule has 0 amide bonds. The zero-order valence-electron chi connectivity index (χ0n) is 31.8. The molecule has 0 heterocycles. The monoisotopic (exact) mass is 677 g/mol. The van der Waals surface area contributed by atoms with E-state index in [1.807, 2.05) is 0 Å². The summed E-state index contributed by atoms with van der Waals surface area (Å²) in [5.74, 6) is 0. The fourth-order valence-corrected chi connectivity index (χ4v) is 9.63. The average Bonchev–Trinajstić information content (AvgIpc) is 3.39. The lowest BCUT2D eigenvalue weighted by Crippen LogP contribution is -2.33. The maximum Gasteiger partial charge on any atom is 0.0543 e. The highest BCUT2D eigenvalue weighted by molar-refractivity contribution is 5.95. The molecule has 0 fully saturated rings. The first-order valence-corrected chi connectivity index (χ1v) is 19.5. The van der Waals surface area contributed by atoms with Crippen molar-refractivity contribution in [1.29, 1.82) is 0 Å². The first kappa shape index (κ1) is 33.0. The van der Waals surface area contributed by atoms with Crippen molar-refractivity contribution in [2.75, 3.05) is 4.90 Å². The third-order valence-electron chi connectivity index (χ3n) is 12.9. The average molecular weight is 678 g/mol. The minimum absolute atomic E-state index is 0.111. The molecular weight excluding hydrogens is 627 g/mol. The van der Waals surface area contributed by atoms with Crippen molar-refractivity contribution in [2.45, 2.75) is 96.3 Å². The van der Waals surface area contributed by atoms with Crippen LogP contribution in [0.1, 0.15) is 101 Å². The molecule has 3 aliphatic carbocycles. The maximum atomic E-state index is 2.56. The van der Waals surface area contributed by atoms with Gasteiger partial charge in [-0.05, 0) is 147 Å². The van der Waals surface area contributed by atoms with Gasteiger partial charge in [0, 0.05) is 22.4 Å². The number of anilines is 3. The number of aryl methyl sites for hydroxylation is 2. The van der Waals surface area contributed by atoms with Gasteiger partial charge >= 0.3 is 0 Å². The first-order valence-electron chi connectivity index (χ1n) is 19.5. The van der Waals surface area contributed by atoms with Gasteiger partial charge < -0.3 is 4.90 Å². The zero-order valence-corrected chi connectivity index (χ0v) is 31.8. The molecule has 9 rings (SSSR count). The minimum Gasteiger partial charge on any atom is -0.310 e. The van der Waals surface area contributed by atoms with Crippen LogP contribution in [0.2, 0.25) is 0 Å². The lowest BCUT2D eigenvalue weighted by Gasteiger charge is -2.42. The number of hydrogen-bond donors (Lipinski definition) is 0. The third kappa shape index (κ3) is 5.35. The van der Waals surface area contributed by atoms with Crippen molar-refractivity contribution in [1.82, 2.24) is 0 Å². The highest BCUT2D eigenvalue weighted by Gasteiger charge is 2.39. The summed E-state index contributed by atoms with van der Waals surface area (Å²) in [4.78, 5) is 2.56. The molecule has 0 spiro atoms. The molecule has 0 aromatic heterocycles. The van der Waals surface area contributed by atoms with Gasteiger partial charge in [-0.15, -0.1) is 0 Å². The van der Waals surface area contributed by atoms with Crippen LogP contribution in [0.3, 0.4) is 0 Å². The van der Waals surface area contributed by atoms with Crippen molar-refractivity contribution < 1.29 is 0 Å². The van der Waals surface area contributed by atoms with Crippen LogP contribution in [0.15, 0.2) is 127 Å². The van der Waals surface area contributed by atoms with Gasteiger partial charge in [0.1, 0.15) is 0 Å². The summed E-state index contributed by atoms with van der Waals surface area (Å²) in [6.45, 7) is 14.6. The van der Waals surface area contributed by atoms with Gasteiger partial charge in [0.15, 0.2) is 0 Å². The maximum absolute atomic E-state index is 2.56. The summed E-state index contributed by atoms with van der Waals surface area (Å²) in [7, 11) is 0. The zero-order chi connectivity index (χ0) is 35.8. The van der Waals surface area contributed by atoms with E-state index in [0.29, 0.717) is 0 Å². The number of nitrogens with zero attached hydrogens (tertiary/aromatic N) is 1. The highest BCUT2D eigenvalue weighted by Crippen LogP contribution is 2.55. The van der Waals surface area contributed by atoms with Gasteiger partial charge in [0.25, 0.3) is 0 Å². The normalized spacial score (nSPS) is 17.4. The topological polar surface area (TPSA) is 3.24 Å². The van der Waals surface area contributed by atoms with Crippen LogP contribution >= 0.6 is 0 Å². The summed E-state index contributed by atoms with van der Waals surface area (Å²) in [5.41, 5.74) is 20.5. The van der Waals surface area contributed by atoms with Crippen LogP contribution in [-0.4, -0.2) is 0 Å². The number of benzene rings is 6. The molecule has 6 aromatic carbocycles. The Bertz CT molecular complexity index is 2320. The van der Waals surface area contributed by atoms with Crippen LogP contribution < -0.4 is 4.90 Å². The third-order valence-corrected chi connectivity index (χ3v) is 12.9. The molecule has 0 atom stereocenters. The van der Waals surface area contributed by atoms with E-state index in [1.165, 1.54) is 116 Å². The molecular formula is C51H51N. The van der Waals surface area contributed by atoms with Gasteiger partial charge in [-0.1, -0.05) is 133 Å². The Morgan fingerprint density at radius 1 is 0.423 bits per heavy atom. The lowest BCUT2D eigenvalue weighted by atomic mass is 9.63. The van der Waals surface area contributed by atoms with Crippen molar-refractivity contribution in [3.63, 3.8) is 0 Å². The van der Waals surface area contributed by atoms with Gasteiger partial charge in [-0.3, -0.25) is 0 Å². The van der Waals surface area contributed by atoms with E-state index >= 15 is 0 Å². The van der Waals surface area contributed by atoms with E-state index < -0.39 is 0 Å². The first-order chi connectivity index (χ1) is 25.0. The SMILES string of the molecule is CC1(C)CCC(C)(C)c2cc(-c3cc4c(cc3N(c3ccc(-c5ccccc5)cc3)c3ccc5c(c3)CCCC5)C(C)(C)c3ccccc3-4)ccc21. The molecule has 0 N–H and O–H groups in total. The van der Waals surface area contributed by atoms with Gasteiger partial charge in [-0.25, -0.2) is 0 Å². The Morgan fingerprint density at radius 2 is 1.06 bits per heavy atom. The Balaban J connectivity index is 1.31. The number of rotatable bonds is 5. The molecule has 260 valence electrons. The van der Waals surface area contributed by atoms with E-state index in [4.69, 9.17) is 0 Å². The number of hydrogen-bond acceptors (Lipinski definition) is 1. The van der Waals surface area contributed by atoms with E-state index in [2.05, 4.69) is 174 Å². The standard InChI is InChI=1S/C51H51N/c1-49(2)28-29-50(3,4)47-31-38(23-27-45(47)49)42-32-43-41-18-12-13-19-44(41)51(5,6)46(43)33-48(42)52(40-26-22-35-16-10-11-17-37(35)30-40)39-24-20-36(21-25-39)34-14-8-7-9-15-34/h7-9,12-15,18-27,30-33H,10-11,16-17,28-29H2,1-6H3. The van der Waals surface area contributed by atoms with E-state index in [0.717, 1.165) is 6.42 Å². The second-order valence-electron chi connectivity index (χ2n) is 17.5.